The van der Waals surface area contributed by atoms with E-state index in [1.807, 2.05) is 31.4 Å². The van der Waals surface area contributed by atoms with Gasteiger partial charge in [-0.1, -0.05) is 6.07 Å². The number of carbonyl (C=O) groups excluding carboxylic acids is 1. The van der Waals surface area contributed by atoms with Crippen LogP contribution in [0.2, 0.25) is 0 Å². The summed E-state index contributed by atoms with van der Waals surface area (Å²) < 4.78 is 33.2. The van der Waals surface area contributed by atoms with Crippen LogP contribution in [0.4, 0.5) is 11.4 Å². The maximum atomic E-state index is 12.6. The van der Waals surface area contributed by atoms with Crippen molar-refractivity contribution in [3.63, 3.8) is 0 Å². The lowest BCUT2D eigenvalue weighted by Crippen LogP contribution is -2.42. The van der Waals surface area contributed by atoms with Crippen molar-refractivity contribution >= 4 is 39.1 Å². The molecule has 4 N–H and O–H groups in total. The van der Waals surface area contributed by atoms with E-state index in [9.17, 15) is 13.2 Å². The molecule has 10 heteroatoms. The van der Waals surface area contributed by atoms with Crippen molar-refractivity contribution in [2.75, 3.05) is 22.9 Å². The van der Waals surface area contributed by atoms with Crippen LogP contribution in [0.1, 0.15) is 13.3 Å². The maximum absolute atomic E-state index is 12.6. The van der Waals surface area contributed by atoms with Gasteiger partial charge in [0.05, 0.1) is 6.61 Å². The van der Waals surface area contributed by atoms with Gasteiger partial charge < -0.3 is 10.1 Å². The average molecular weight is 437 g/mol. The summed E-state index contributed by atoms with van der Waals surface area (Å²) in [6.45, 7) is 2.41. The molecule has 29 heavy (non-hydrogen) atoms. The Morgan fingerprint density at radius 1 is 1.17 bits per heavy atom. The van der Waals surface area contributed by atoms with Gasteiger partial charge in [0, 0.05) is 22.7 Å². The Hall–Kier alpha value is -2.27. The smallest absolute Gasteiger partial charge is 0.250 e. The molecule has 3 rings (SSSR count). The first kappa shape index (κ1) is 21.4. The second-order valence-corrected chi connectivity index (χ2v) is 9.13. The number of benzene rings is 2. The fourth-order valence-electron chi connectivity index (χ4n) is 2.85. The first-order chi connectivity index (χ1) is 13.9. The molecule has 2 atom stereocenters. The molecule has 0 aromatic heterocycles. The molecule has 2 aromatic carbocycles. The molecule has 156 valence electrons. The van der Waals surface area contributed by atoms with Gasteiger partial charge in [0.1, 0.15) is 17.2 Å². The van der Waals surface area contributed by atoms with E-state index < -0.39 is 21.4 Å². The van der Waals surface area contributed by atoms with Gasteiger partial charge in [-0.3, -0.25) is 9.52 Å². The zero-order valence-corrected chi connectivity index (χ0v) is 17.8. The number of amides is 1. The van der Waals surface area contributed by atoms with Gasteiger partial charge in [-0.05, 0) is 55.6 Å². The SMILES string of the molecule is CCOc1ccc(NS(=O)(=O)C2CC(C(=O)Nc3cccc(SC)c3)NN2)cc1. The lowest BCUT2D eigenvalue weighted by atomic mass is 10.2. The summed E-state index contributed by atoms with van der Waals surface area (Å²) in [7, 11) is -3.74. The van der Waals surface area contributed by atoms with E-state index in [2.05, 4.69) is 20.9 Å². The second kappa shape index (κ2) is 9.49. The summed E-state index contributed by atoms with van der Waals surface area (Å²) >= 11 is 1.58. The molecule has 8 nitrogen and oxygen atoms in total. The van der Waals surface area contributed by atoms with Crippen molar-refractivity contribution in [1.29, 1.82) is 0 Å². The molecule has 1 saturated heterocycles. The summed E-state index contributed by atoms with van der Waals surface area (Å²) in [6, 6.07) is 13.5. The summed E-state index contributed by atoms with van der Waals surface area (Å²) in [5, 5.41) is 1.87. The van der Waals surface area contributed by atoms with E-state index in [1.54, 1.807) is 42.1 Å². The number of anilines is 2. The van der Waals surface area contributed by atoms with Crippen molar-refractivity contribution < 1.29 is 17.9 Å². The van der Waals surface area contributed by atoms with Gasteiger partial charge in [-0.2, -0.15) is 0 Å². The van der Waals surface area contributed by atoms with Crippen molar-refractivity contribution in [2.24, 2.45) is 0 Å². The van der Waals surface area contributed by atoms with Gasteiger partial charge in [-0.15, -0.1) is 11.8 Å². The van der Waals surface area contributed by atoms with Crippen molar-refractivity contribution in [3.8, 4) is 5.75 Å². The number of thioether (sulfide) groups is 1. The van der Waals surface area contributed by atoms with Crippen LogP contribution in [-0.4, -0.2) is 38.6 Å². The first-order valence-corrected chi connectivity index (χ1v) is 11.9. The van der Waals surface area contributed by atoms with E-state index in [0.29, 0.717) is 23.7 Å². The van der Waals surface area contributed by atoms with Gasteiger partial charge in [0.25, 0.3) is 0 Å². The summed E-state index contributed by atoms with van der Waals surface area (Å²) in [5.74, 6) is 0.368. The van der Waals surface area contributed by atoms with Crippen LogP contribution in [0.3, 0.4) is 0 Å². The van der Waals surface area contributed by atoms with E-state index in [1.165, 1.54) is 0 Å². The lowest BCUT2D eigenvalue weighted by molar-refractivity contribution is -0.117. The molecule has 0 aliphatic carbocycles. The summed E-state index contributed by atoms with van der Waals surface area (Å²) in [6.07, 6.45) is 2.05. The molecular formula is C19H24N4O4S2. The molecular weight excluding hydrogens is 412 g/mol. The normalized spacial score (nSPS) is 19.0. The van der Waals surface area contributed by atoms with Gasteiger partial charge in [-0.25, -0.2) is 19.3 Å². The number of carbonyl (C=O) groups is 1. The van der Waals surface area contributed by atoms with Gasteiger partial charge in [0.15, 0.2) is 0 Å². The number of nitrogens with one attached hydrogen (secondary N) is 4. The van der Waals surface area contributed by atoms with E-state index in [0.717, 1.165) is 4.90 Å². The molecule has 1 amide bonds. The van der Waals surface area contributed by atoms with Crippen LogP contribution < -0.4 is 25.6 Å². The van der Waals surface area contributed by atoms with Crippen LogP contribution in [0.25, 0.3) is 0 Å². The number of hydrazine groups is 1. The van der Waals surface area contributed by atoms with Crippen molar-refractivity contribution in [1.82, 2.24) is 10.9 Å². The molecule has 0 radical (unpaired) electrons. The largest absolute Gasteiger partial charge is 0.494 e. The fourth-order valence-corrected chi connectivity index (χ4v) is 4.59. The number of hydrogen-bond donors (Lipinski definition) is 4. The van der Waals surface area contributed by atoms with Gasteiger partial charge >= 0.3 is 0 Å². The van der Waals surface area contributed by atoms with E-state index >= 15 is 0 Å². The number of rotatable bonds is 8. The highest BCUT2D eigenvalue weighted by Gasteiger charge is 2.37. The minimum absolute atomic E-state index is 0.0976. The molecule has 2 aromatic rings. The van der Waals surface area contributed by atoms with Crippen molar-refractivity contribution in [2.45, 2.75) is 29.7 Å². The Balaban J connectivity index is 1.59. The molecule has 2 unspecified atom stereocenters. The highest BCUT2D eigenvalue weighted by Crippen LogP contribution is 2.22. The zero-order chi connectivity index (χ0) is 20.9. The van der Waals surface area contributed by atoms with E-state index in [-0.39, 0.29) is 12.3 Å². The van der Waals surface area contributed by atoms with Crippen molar-refractivity contribution in [3.05, 3.63) is 48.5 Å². The molecule has 0 saturated carbocycles. The molecule has 0 spiro atoms. The second-order valence-electron chi connectivity index (χ2n) is 6.39. The zero-order valence-electron chi connectivity index (χ0n) is 16.1. The molecule has 1 aliphatic heterocycles. The van der Waals surface area contributed by atoms with Crippen LogP contribution >= 0.6 is 11.8 Å². The third kappa shape index (κ3) is 5.63. The predicted octanol–water partition coefficient (Wildman–Crippen LogP) is 2.38. The summed E-state index contributed by atoms with van der Waals surface area (Å²) in [4.78, 5) is 13.5. The minimum Gasteiger partial charge on any atom is -0.494 e. The first-order valence-electron chi connectivity index (χ1n) is 9.11. The monoisotopic (exact) mass is 436 g/mol. The Labute approximate surface area is 174 Å². The van der Waals surface area contributed by atoms with Crippen LogP contribution in [0.15, 0.2) is 53.4 Å². The number of sulfonamides is 1. The van der Waals surface area contributed by atoms with Crippen LogP contribution in [-0.2, 0) is 14.8 Å². The molecule has 1 fully saturated rings. The summed E-state index contributed by atoms with van der Waals surface area (Å²) in [5.41, 5.74) is 6.56. The maximum Gasteiger partial charge on any atom is 0.250 e. The Kier molecular flexibility index (Phi) is 7.01. The number of hydrogen-bond acceptors (Lipinski definition) is 7. The minimum atomic E-state index is -3.74. The molecule has 1 heterocycles. The third-order valence-electron chi connectivity index (χ3n) is 4.32. The standard InChI is InChI=1S/C19H24N4O4S2/c1-3-27-15-9-7-13(8-10-15)23-29(25,26)18-12-17(21-22-18)19(24)20-14-5-4-6-16(11-14)28-2/h4-11,17-18,21-23H,3,12H2,1-2H3,(H,20,24). The quantitative estimate of drug-likeness (QED) is 0.471. The predicted molar refractivity (Wildman–Crippen MR) is 115 cm³/mol. The number of ether oxygens (including phenoxy) is 1. The lowest BCUT2D eigenvalue weighted by Gasteiger charge is -2.14. The highest BCUT2D eigenvalue weighted by atomic mass is 32.2. The average Bonchev–Trinajstić information content (AvgIpc) is 3.21. The third-order valence-corrected chi connectivity index (χ3v) is 6.63. The Bertz CT molecular complexity index is 951. The Morgan fingerprint density at radius 2 is 1.93 bits per heavy atom. The van der Waals surface area contributed by atoms with Crippen LogP contribution in [0.5, 0.6) is 5.75 Å². The van der Waals surface area contributed by atoms with Gasteiger partial charge in [0.2, 0.25) is 15.9 Å². The Morgan fingerprint density at radius 3 is 2.62 bits per heavy atom. The molecule has 0 bridgehead atoms. The molecule has 1 aliphatic rings. The van der Waals surface area contributed by atoms with E-state index in [4.69, 9.17) is 4.74 Å². The fraction of sp³-hybridized carbons (Fsp3) is 0.316. The van der Waals surface area contributed by atoms with Crippen LogP contribution in [0, 0.1) is 0 Å². The highest BCUT2D eigenvalue weighted by molar-refractivity contribution is 7.98. The topological polar surface area (TPSA) is 109 Å².